The Balaban J connectivity index is 2.26. The van der Waals surface area contributed by atoms with E-state index < -0.39 is 5.82 Å². The van der Waals surface area contributed by atoms with Gasteiger partial charge in [0.15, 0.2) is 0 Å². The van der Waals surface area contributed by atoms with Crippen LogP contribution in [0, 0.1) is 17.1 Å². The number of halogens is 1. The van der Waals surface area contributed by atoms with E-state index in [4.69, 9.17) is 15.7 Å². The van der Waals surface area contributed by atoms with Crippen LogP contribution in [0.5, 0.6) is 5.75 Å². The fourth-order valence-corrected chi connectivity index (χ4v) is 1.93. The summed E-state index contributed by atoms with van der Waals surface area (Å²) in [4.78, 5) is 0. The van der Waals surface area contributed by atoms with Crippen LogP contribution in [0.25, 0.3) is 0 Å². The molecule has 0 aliphatic rings. The number of hydrogen-bond donors (Lipinski definition) is 1. The first kappa shape index (κ1) is 14.0. The highest BCUT2D eigenvalue weighted by Crippen LogP contribution is 2.25. The minimum Gasteiger partial charge on any atom is -0.484 e. The first-order chi connectivity index (χ1) is 9.61. The van der Waals surface area contributed by atoms with Gasteiger partial charge in [0.1, 0.15) is 23.7 Å². The summed E-state index contributed by atoms with van der Waals surface area (Å²) < 4.78 is 19.3. The maximum absolute atomic E-state index is 13.6. The lowest BCUT2D eigenvalue weighted by atomic mass is 10.0. The summed E-state index contributed by atoms with van der Waals surface area (Å²) in [6, 6.07) is 15.2. The molecule has 2 atom stereocenters. The van der Waals surface area contributed by atoms with Crippen LogP contribution in [0.15, 0.2) is 48.5 Å². The molecule has 2 aromatic rings. The molecule has 0 radical (unpaired) electrons. The number of nitriles is 1. The zero-order valence-corrected chi connectivity index (χ0v) is 11.1. The number of nitrogens with zero attached hydrogens (tertiary/aromatic N) is 1. The van der Waals surface area contributed by atoms with Gasteiger partial charge in [0.2, 0.25) is 0 Å². The molecule has 4 heteroatoms. The SMILES string of the molecule is CC(N)C(Oc1ccc(C#N)c(F)c1)c1ccccc1. The van der Waals surface area contributed by atoms with Gasteiger partial charge >= 0.3 is 0 Å². The molecule has 0 bridgehead atoms. The average Bonchev–Trinajstić information content (AvgIpc) is 2.45. The van der Waals surface area contributed by atoms with Crippen molar-refractivity contribution in [3.8, 4) is 11.8 Å². The molecule has 102 valence electrons. The van der Waals surface area contributed by atoms with Gasteiger partial charge in [-0.15, -0.1) is 0 Å². The third-order valence-electron chi connectivity index (χ3n) is 2.93. The van der Waals surface area contributed by atoms with E-state index in [1.54, 1.807) is 12.1 Å². The Bertz CT molecular complexity index is 620. The van der Waals surface area contributed by atoms with Crippen LogP contribution in [0.4, 0.5) is 4.39 Å². The molecule has 0 fully saturated rings. The van der Waals surface area contributed by atoms with E-state index in [1.165, 1.54) is 12.1 Å². The second-order valence-corrected chi connectivity index (χ2v) is 4.56. The molecule has 0 heterocycles. The summed E-state index contributed by atoms with van der Waals surface area (Å²) in [5.74, 6) is -0.242. The molecule has 0 spiro atoms. The van der Waals surface area contributed by atoms with Crippen LogP contribution in [0.3, 0.4) is 0 Å². The third-order valence-corrected chi connectivity index (χ3v) is 2.93. The summed E-state index contributed by atoms with van der Waals surface area (Å²) in [6.07, 6.45) is -0.372. The molecule has 2 unspecified atom stereocenters. The molecule has 0 saturated heterocycles. The Labute approximate surface area is 117 Å². The van der Waals surface area contributed by atoms with E-state index in [0.29, 0.717) is 5.75 Å². The van der Waals surface area contributed by atoms with Gasteiger partial charge in [-0.05, 0) is 24.6 Å². The van der Waals surface area contributed by atoms with Gasteiger partial charge in [-0.25, -0.2) is 4.39 Å². The van der Waals surface area contributed by atoms with Crippen molar-refractivity contribution in [2.24, 2.45) is 5.73 Å². The van der Waals surface area contributed by atoms with E-state index >= 15 is 0 Å². The third kappa shape index (κ3) is 3.14. The number of benzene rings is 2. The van der Waals surface area contributed by atoms with E-state index in [2.05, 4.69) is 0 Å². The van der Waals surface area contributed by atoms with Gasteiger partial charge in [-0.2, -0.15) is 5.26 Å². The molecule has 0 aromatic heterocycles. The number of ether oxygens (including phenoxy) is 1. The van der Waals surface area contributed by atoms with Crippen LogP contribution < -0.4 is 10.5 Å². The Morgan fingerprint density at radius 3 is 2.45 bits per heavy atom. The van der Waals surface area contributed by atoms with Crippen molar-refractivity contribution in [1.82, 2.24) is 0 Å². The lowest BCUT2D eigenvalue weighted by Gasteiger charge is -2.23. The predicted molar refractivity (Wildman–Crippen MR) is 74.6 cm³/mol. The second-order valence-electron chi connectivity index (χ2n) is 4.56. The minimum atomic E-state index is -0.596. The summed E-state index contributed by atoms with van der Waals surface area (Å²) in [7, 11) is 0. The molecule has 0 saturated carbocycles. The smallest absolute Gasteiger partial charge is 0.144 e. The van der Waals surface area contributed by atoms with E-state index in [1.807, 2.05) is 37.3 Å². The minimum absolute atomic E-state index is 0.00518. The normalized spacial score (nSPS) is 13.3. The zero-order chi connectivity index (χ0) is 14.5. The average molecular weight is 270 g/mol. The van der Waals surface area contributed by atoms with Gasteiger partial charge < -0.3 is 10.5 Å². The van der Waals surface area contributed by atoms with Crippen molar-refractivity contribution < 1.29 is 9.13 Å². The van der Waals surface area contributed by atoms with Crippen molar-refractivity contribution in [2.45, 2.75) is 19.1 Å². The van der Waals surface area contributed by atoms with Gasteiger partial charge in [0.05, 0.1) is 5.56 Å². The van der Waals surface area contributed by atoms with E-state index in [-0.39, 0.29) is 17.7 Å². The second kappa shape index (κ2) is 6.18. The molecule has 2 rings (SSSR count). The lowest BCUT2D eigenvalue weighted by molar-refractivity contribution is 0.180. The molecule has 2 N–H and O–H groups in total. The van der Waals surface area contributed by atoms with Crippen LogP contribution in [-0.2, 0) is 0 Å². The highest BCUT2D eigenvalue weighted by molar-refractivity contribution is 5.36. The number of hydrogen-bond acceptors (Lipinski definition) is 3. The lowest BCUT2D eigenvalue weighted by Crippen LogP contribution is -2.29. The summed E-state index contributed by atoms with van der Waals surface area (Å²) in [5, 5.41) is 8.71. The number of nitrogens with two attached hydrogens (primary N) is 1. The zero-order valence-electron chi connectivity index (χ0n) is 11.1. The fourth-order valence-electron chi connectivity index (χ4n) is 1.93. The molecular weight excluding hydrogens is 255 g/mol. The van der Waals surface area contributed by atoms with Crippen LogP contribution in [0.1, 0.15) is 24.2 Å². The maximum Gasteiger partial charge on any atom is 0.144 e. The molecule has 3 nitrogen and oxygen atoms in total. The highest BCUT2D eigenvalue weighted by Gasteiger charge is 2.18. The quantitative estimate of drug-likeness (QED) is 0.928. The Morgan fingerprint density at radius 2 is 1.90 bits per heavy atom. The van der Waals surface area contributed by atoms with Gasteiger partial charge in [0.25, 0.3) is 0 Å². The summed E-state index contributed by atoms with van der Waals surface area (Å²) in [6.45, 7) is 1.83. The first-order valence-electron chi connectivity index (χ1n) is 6.28. The van der Waals surface area contributed by atoms with Gasteiger partial charge in [-0.3, -0.25) is 0 Å². The van der Waals surface area contributed by atoms with Crippen LogP contribution in [0.2, 0.25) is 0 Å². The van der Waals surface area contributed by atoms with E-state index in [9.17, 15) is 4.39 Å². The maximum atomic E-state index is 13.6. The summed E-state index contributed by atoms with van der Waals surface area (Å²) in [5.41, 5.74) is 6.86. The van der Waals surface area contributed by atoms with Crippen LogP contribution >= 0.6 is 0 Å². The number of rotatable bonds is 4. The van der Waals surface area contributed by atoms with Crippen molar-refractivity contribution in [3.05, 3.63) is 65.5 Å². The standard InChI is InChI=1S/C16H15FN2O/c1-11(19)16(12-5-3-2-4-6-12)20-14-8-7-13(10-18)15(17)9-14/h2-9,11,16H,19H2,1H3. The molecule has 0 aliphatic heterocycles. The Hall–Kier alpha value is -2.38. The van der Waals surface area contributed by atoms with Gasteiger partial charge in [-0.1, -0.05) is 30.3 Å². The summed E-state index contributed by atoms with van der Waals surface area (Å²) >= 11 is 0. The Morgan fingerprint density at radius 1 is 1.20 bits per heavy atom. The van der Waals surface area contributed by atoms with Crippen molar-refractivity contribution in [1.29, 1.82) is 5.26 Å². The molecular formula is C16H15FN2O. The van der Waals surface area contributed by atoms with Crippen molar-refractivity contribution in [3.63, 3.8) is 0 Å². The molecule has 20 heavy (non-hydrogen) atoms. The van der Waals surface area contributed by atoms with E-state index in [0.717, 1.165) is 5.56 Å². The van der Waals surface area contributed by atoms with Crippen molar-refractivity contribution >= 4 is 0 Å². The van der Waals surface area contributed by atoms with Crippen molar-refractivity contribution in [2.75, 3.05) is 0 Å². The Kier molecular flexibility index (Phi) is 4.34. The largest absolute Gasteiger partial charge is 0.484 e. The fraction of sp³-hybridized carbons (Fsp3) is 0.188. The predicted octanol–water partition coefficient (Wildman–Crippen LogP) is 3.16. The molecule has 0 amide bonds. The first-order valence-corrected chi connectivity index (χ1v) is 6.28. The molecule has 0 aliphatic carbocycles. The van der Waals surface area contributed by atoms with Crippen LogP contribution in [-0.4, -0.2) is 6.04 Å². The highest BCUT2D eigenvalue weighted by atomic mass is 19.1. The van der Waals surface area contributed by atoms with Gasteiger partial charge in [0, 0.05) is 12.1 Å². The monoisotopic (exact) mass is 270 g/mol. The molecule has 2 aromatic carbocycles. The topological polar surface area (TPSA) is 59.0 Å².